The van der Waals surface area contributed by atoms with Crippen molar-refractivity contribution in [3.8, 4) is 0 Å². The maximum Gasteiger partial charge on any atom is 0.226 e. The molecule has 4 N–H and O–H groups in total. The number of nitrogens with two attached hydrogens (primary N) is 1. The number of fused-ring (bicyclic) bond motifs is 1. The SMILES string of the molecule is CC[C@H]1OC(n2cnc3c(N)nc(Cl)nc32)[C@H](O)[C@@H]1O. The number of nitrogens with zero attached hydrogens (tertiary/aromatic N) is 4. The standard InChI is InChI=1S/C11H14ClN5O3/c1-2-4-6(18)7(19)10(20-4)17-3-14-5-8(13)15-11(12)16-9(5)17/h3-4,6-7,10,18-19H,2H2,1H3,(H2,13,15,16)/t4-,6-,7-,10?/m1/s1. The number of hydrogen-bond acceptors (Lipinski definition) is 7. The van der Waals surface area contributed by atoms with Gasteiger partial charge >= 0.3 is 0 Å². The summed E-state index contributed by atoms with van der Waals surface area (Å²) in [7, 11) is 0. The number of ether oxygens (including phenoxy) is 1. The van der Waals surface area contributed by atoms with E-state index in [0.717, 1.165) is 0 Å². The molecular weight excluding hydrogens is 286 g/mol. The summed E-state index contributed by atoms with van der Waals surface area (Å²) in [5.74, 6) is 0.152. The van der Waals surface area contributed by atoms with Gasteiger partial charge in [-0.3, -0.25) is 4.57 Å². The van der Waals surface area contributed by atoms with E-state index in [9.17, 15) is 10.2 Å². The molecule has 1 unspecified atom stereocenters. The third-order valence-corrected chi connectivity index (χ3v) is 3.60. The van der Waals surface area contributed by atoms with Gasteiger partial charge < -0.3 is 20.7 Å². The normalized spacial score (nSPS) is 30.2. The van der Waals surface area contributed by atoms with Gasteiger partial charge in [0.25, 0.3) is 0 Å². The molecule has 3 heterocycles. The summed E-state index contributed by atoms with van der Waals surface area (Å²) in [5, 5.41) is 20.0. The zero-order valence-corrected chi connectivity index (χ0v) is 11.4. The smallest absolute Gasteiger partial charge is 0.226 e. The molecule has 1 aliphatic rings. The lowest BCUT2D eigenvalue weighted by molar-refractivity contribution is -0.0355. The molecule has 2 aromatic rings. The molecule has 0 aromatic carbocycles. The minimum atomic E-state index is -1.08. The summed E-state index contributed by atoms with van der Waals surface area (Å²) < 4.78 is 7.15. The van der Waals surface area contributed by atoms with Gasteiger partial charge in [0, 0.05) is 0 Å². The van der Waals surface area contributed by atoms with E-state index in [2.05, 4.69) is 15.0 Å². The van der Waals surface area contributed by atoms with Gasteiger partial charge in [0.05, 0.1) is 12.4 Å². The zero-order valence-electron chi connectivity index (χ0n) is 10.6. The molecule has 0 bridgehead atoms. The molecule has 8 nitrogen and oxygen atoms in total. The highest BCUT2D eigenvalue weighted by atomic mass is 35.5. The first-order chi connectivity index (χ1) is 9.52. The van der Waals surface area contributed by atoms with Gasteiger partial charge in [-0.2, -0.15) is 9.97 Å². The maximum absolute atomic E-state index is 10.1. The maximum atomic E-state index is 10.1. The second-order valence-electron chi connectivity index (χ2n) is 4.66. The first-order valence-corrected chi connectivity index (χ1v) is 6.58. The van der Waals surface area contributed by atoms with Crippen molar-refractivity contribution < 1.29 is 14.9 Å². The van der Waals surface area contributed by atoms with Crippen LogP contribution in [0.1, 0.15) is 19.6 Å². The number of rotatable bonds is 2. The van der Waals surface area contributed by atoms with Crippen molar-refractivity contribution in [2.75, 3.05) is 5.73 Å². The summed E-state index contributed by atoms with van der Waals surface area (Å²) in [6.07, 6.45) is -1.25. The molecule has 0 radical (unpaired) electrons. The van der Waals surface area contributed by atoms with Crippen molar-refractivity contribution >= 4 is 28.6 Å². The van der Waals surface area contributed by atoms with Crippen molar-refractivity contribution in [3.63, 3.8) is 0 Å². The summed E-state index contributed by atoms with van der Waals surface area (Å²) in [5.41, 5.74) is 6.45. The number of imidazole rings is 1. The van der Waals surface area contributed by atoms with Crippen LogP contribution in [0.5, 0.6) is 0 Å². The first-order valence-electron chi connectivity index (χ1n) is 6.20. The number of aromatic nitrogens is 4. The predicted octanol–water partition coefficient (Wildman–Crippen LogP) is 0.0911. The van der Waals surface area contributed by atoms with Crippen LogP contribution in [-0.4, -0.2) is 48.0 Å². The molecule has 0 saturated carbocycles. The molecule has 9 heteroatoms. The Labute approximate surface area is 119 Å². The number of halogens is 1. The Morgan fingerprint density at radius 2 is 2.15 bits per heavy atom. The van der Waals surface area contributed by atoms with Crippen molar-refractivity contribution in [3.05, 3.63) is 11.6 Å². The number of aliphatic hydroxyl groups is 2. The highest BCUT2D eigenvalue weighted by Gasteiger charge is 2.43. The van der Waals surface area contributed by atoms with Crippen molar-refractivity contribution in [1.29, 1.82) is 0 Å². The average Bonchev–Trinajstić information content (AvgIpc) is 2.93. The van der Waals surface area contributed by atoms with E-state index >= 15 is 0 Å². The number of aliphatic hydroxyl groups excluding tert-OH is 2. The van der Waals surface area contributed by atoms with Gasteiger partial charge in [-0.25, -0.2) is 4.98 Å². The fourth-order valence-corrected chi connectivity index (χ4v) is 2.56. The highest BCUT2D eigenvalue weighted by molar-refractivity contribution is 6.28. The Bertz CT molecular complexity index is 648. The van der Waals surface area contributed by atoms with Crippen LogP contribution >= 0.6 is 11.6 Å². The topological polar surface area (TPSA) is 119 Å². The van der Waals surface area contributed by atoms with Crippen LogP contribution < -0.4 is 5.73 Å². The molecule has 2 aromatic heterocycles. The Hall–Kier alpha value is -1.48. The van der Waals surface area contributed by atoms with E-state index in [4.69, 9.17) is 22.1 Å². The first kappa shape index (κ1) is 13.5. The van der Waals surface area contributed by atoms with Crippen LogP contribution in [0.25, 0.3) is 11.2 Å². The predicted molar refractivity (Wildman–Crippen MR) is 71.0 cm³/mol. The third kappa shape index (κ3) is 1.92. The molecule has 108 valence electrons. The summed E-state index contributed by atoms with van der Waals surface area (Å²) in [4.78, 5) is 12.0. The van der Waals surface area contributed by atoms with E-state index in [1.807, 2.05) is 6.92 Å². The van der Waals surface area contributed by atoms with Gasteiger partial charge in [0.2, 0.25) is 5.28 Å². The van der Waals surface area contributed by atoms with Gasteiger partial charge in [0.1, 0.15) is 17.7 Å². The Morgan fingerprint density at radius 1 is 1.40 bits per heavy atom. The average molecular weight is 300 g/mol. The lowest BCUT2D eigenvalue weighted by Crippen LogP contribution is -2.31. The molecule has 1 aliphatic heterocycles. The lowest BCUT2D eigenvalue weighted by atomic mass is 10.1. The van der Waals surface area contributed by atoms with Crippen molar-refractivity contribution in [2.24, 2.45) is 0 Å². The molecule has 0 amide bonds. The van der Waals surface area contributed by atoms with Crippen LogP contribution in [-0.2, 0) is 4.74 Å². The number of anilines is 1. The second kappa shape index (κ2) is 4.81. The van der Waals surface area contributed by atoms with E-state index in [-0.39, 0.29) is 11.1 Å². The Kier molecular flexibility index (Phi) is 3.25. The molecule has 1 saturated heterocycles. The van der Waals surface area contributed by atoms with Crippen LogP contribution in [0, 0.1) is 0 Å². The highest BCUT2D eigenvalue weighted by Crippen LogP contribution is 2.33. The molecule has 0 spiro atoms. The molecule has 1 fully saturated rings. The van der Waals surface area contributed by atoms with Crippen LogP contribution in [0.15, 0.2) is 6.33 Å². The van der Waals surface area contributed by atoms with Gasteiger partial charge in [0.15, 0.2) is 17.7 Å². The largest absolute Gasteiger partial charge is 0.388 e. The molecular formula is C11H14ClN5O3. The summed E-state index contributed by atoms with van der Waals surface area (Å²) >= 11 is 5.78. The number of nitrogen functional groups attached to an aromatic ring is 1. The minimum absolute atomic E-state index is 0.0168. The van der Waals surface area contributed by atoms with Gasteiger partial charge in [-0.15, -0.1) is 0 Å². The Balaban J connectivity index is 2.07. The van der Waals surface area contributed by atoms with Crippen LogP contribution in [0.2, 0.25) is 5.28 Å². The van der Waals surface area contributed by atoms with Crippen LogP contribution in [0.3, 0.4) is 0 Å². The van der Waals surface area contributed by atoms with Gasteiger partial charge in [-0.05, 0) is 18.0 Å². The van der Waals surface area contributed by atoms with Gasteiger partial charge in [-0.1, -0.05) is 6.92 Å². The third-order valence-electron chi connectivity index (χ3n) is 3.43. The molecule has 20 heavy (non-hydrogen) atoms. The van der Waals surface area contributed by atoms with Crippen molar-refractivity contribution in [1.82, 2.24) is 19.5 Å². The minimum Gasteiger partial charge on any atom is -0.388 e. The van der Waals surface area contributed by atoms with E-state index in [1.165, 1.54) is 10.9 Å². The monoisotopic (exact) mass is 299 g/mol. The lowest BCUT2D eigenvalue weighted by Gasteiger charge is -2.16. The van der Waals surface area contributed by atoms with E-state index in [1.54, 1.807) is 0 Å². The molecule has 0 aliphatic carbocycles. The fraction of sp³-hybridized carbons (Fsp3) is 0.545. The second-order valence-corrected chi connectivity index (χ2v) is 4.99. The van der Waals surface area contributed by atoms with E-state index < -0.39 is 24.5 Å². The fourth-order valence-electron chi connectivity index (χ4n) is 2.39. The van der Waals surface area contributed by atoms with Crippen molar-refractivity contribution in [2.45, 2.75) is 37.9 Å². The van der Waals surface area contributed by atoms with Crippen LogP contribution in [0.4, 0.5) is 5.82 Å². The number of hydrogen-bond donors (Lipinski definition) is 3. The molecule has 4 atom stereocenters. The molecule has 3 rings (SSSR count). The Morgan fingerprint density at radius 3 is 2.80 bits per heavy atom. The summed E-state index contributed by atoms with van der Waals surface area (Å²) in [6, 6.07) is 0. The zero-order chi connectivity index (χ0) is 14.4. The van der Waals surface area contributed by atoms with E-state index in [0.29, 0.717) is 17.6 Å². The quantitative estimate of drug-likeness (QED) is 0.672. The summed E-state index contributed by atoms with van der Waals surface area (Å²) in [6.45, 7) is 1.87.